The van der Waals surface area contributed by atoms with Crippen LogP contribution in [0.5, 0.6) is 0 Å². The van der Waals surface area contributed by atoms with Crippen LogP contribution in [0.15, 0.2) is 58.5 Å². The van der Waals surface area contributed by atoms with Crippen molar-refractivity contribution in [2.75, 3.05) is 39.5 Å². The van der Waals surface area contributed by atoms with E-state index >= 15 is 0 Å². The molecule has 0 fully saturated rings. The van der Waals surface area contributed by atoms with E-state index < -0.39 is 0 Å². The van der Waals surface area contributed by atoms with Gasteiger partial charge >= 0.3 is 0 Å². The van der Waals surface area contributed by atoms with Gasteiger partial charge in [-0.1, -0.05) is 17.7 Å². The highest BCUT2D eigenvalue weighted by atomic mass is 127. The maximum Gasteiger partial charge on any atom is 0.241 e. The molecule has 2 rings (SSSR count). The number of aromatic nitrogens is 1. The summed E-state index contributed by atoms with van der Waals surface area (Å²) in [7, 11) is 3.49. The van der Waals surface area contributed by atoms with Crippen molar-refractivity contribution >= 4 is 59.2 Å². The molecule has 0 unspecified atom stereocenters. The van der Waals surface area contributed by atoms with E-state index in [1.807, 2.05) is 42.5 Å². The largest absolute Gasteiger partial charge is 0.356 e. The standard InChI is InChI=1S/C20H26ClN5OS.HI/c1-22-20(24-12-14-28-18-8-6-16(21)7-9-18)25-15-19(27)26(2)13-10-17-5-3-4-11-23-17;/h3-9,11H,10,12-15H2,1-2H3,(H2,22,24,25);1H. The van der Waals surface area contributed by atoms with E-state index in [2.05, 4.69) is 20.6 Å². The second kappa shape index (κ2) is 14.5. The van der Waals surface area contributed by atoms with Crippen molar-refractivity contribution in [3.05, 3.63) is 59.4 Å². The number of guanidine groups is 1. The summed E-state index contributed by atoms with van der Waals surface area (Å²) in [5, 5.41) is 7.01. The van der Waals surface area contributed by atoms with Crippen LogP contribution in [0.1, 0.15) is 5.69 Å². The number of carbonyl (C=O) groups is 1. The summed E-state index contributed by atoms with van der Waals surface area (Å²) in [5.74, 6) is 1.50. The lowest BCUT2D eigenvalue weighted by atomic mass is 10.2. The second-order valence-electron chi connectivity index (χ2n) is 6.04. The number of thioether (sulfide) groups is 1. The van der Waals surface area contributed by atoms with Gasteiger partial charge in [0.15, 0.2) is 5.96 Å². The molecule has 29 heavy (non-hydrogen) atoms. The molecule has 158 valence electrons. The number of aliphatic imine (C=N–C) groups is 1. The quantitative estimate of drug-likeness (QED) is 0.166. The van der Waals surface area contributed by atoms with Gasteiger partial charge in [0.2, 0.25) is 5.91 Å². The first-order valence-electron chi connectivity index (χ1n) is 9.05. The average Bonchev–Trinajstić information content (AvgIpc) is 2.73. The van der Waals surface area contributed by atoms with Gasteiger partial charge in [-0.15, -0.1) is 35.7 Å². The molecule has 0 saturated heterocycles. The fourth-order valence-corrected chi connectivity index (χ4v) is 3.23. The van der Waals surface area contributed by atoms with Crippen LogP contribution in [0.4, 0.5) is 0 Å². The van der Waals surface area contributed by atoms with Gasteiger partial charge in [-0.05, 0) is 36.4 Å². The Hall–Kier alpha value is -1.52. The van der Waals surface area contributed by atoms with Crippen LogP contribution >= 0.6 is 47.3 Å². The summed E-state index contributed by atoms with van der Waals surface area (Å²) in [6, 6.07) is 13.6. The van der Waals surface area contributed by atoms with Gasteiger partial charge in [0.05, 0.1) is 6.54 Å². The lowest BCUT2D eigenvalue weighted by Gasteiger charge is -2.18. The fourth-order valence-electron chi connectivity index (χ4n) is 2.34. The van der Waals surface area contributed by atoms with Gasteiger partial charge in [0.25, 0.3) is 0 Å². The third-order valence-corrected chi connectivity index (χ3v) is 5.23. The molecule has 2 aromatic rings. The van der Waals surface area contributed by atoms with Crippen LogP contribution in [-0.4, -0.2) is 61.2 Å². The number of nitrogens with zero attached hydrogens (tertiary/aromatic N) is 3. The van der Waals surface area contributed by atoms with Gasteiger partial charge < -0.3 is 15.5 Å². The Morgan fingerprint density at radius 3 is 2.62 bits per heavy atom. The molecule has 1 heterocycles. The second-order valence-corrected chi connectivity index (χ2v) is 7.65. The van der Waals surface area contributed by atoms with Crippen molar-refractivity contribution in [3.8, 4) is 0 Å². The normalized spacial score (nSPS) is 10.8. The number of benzene rings is 1. The highest BCUT2D eigenvalue weighted by Crippen LogP contribution is 2.19. The van der Waals surface area contributed by atoms with Crippen LogP contribution < -0.4 is 10.6 Å². The molecule has 0 aliphatic carbocycles. The Labute approximate surface area is 198 Å². The number of hydrogen-bond acceptors (Lipinski definition) is 4. The number of nitrogens with one attached hydrogen (secondary N) is 2. The van der Waals surface area contributed by atoms with Gasteiger partial charge in [-0.2, -0.15) is 0 Å². The number of carbonyl (C=O) groups excluding carboxylic acids is 1. The summed E-state index contributed by atoms with van der Waals surface area (Å²) in [6.07, 6.45) is 2.50. The molecular formula is C20H27ClIN5OS. The summed E-state index contributed by atoms with van der Waals surface area (Å²) in [4.78, 5) is 23.6. The van der Waals surface area contributed by atoms with Crippen LogP contribution in [0.2, 0.25) is 5.02 Å². The smallest absolute Gasteiger partial charge is 0.241 e. The first-order valence-corrected chi connectivity index (χ1v) is 10.4. The molecule has 0 aliphatic heterocycles. The van der Waals surface area contributed by atoms with E-state index in [-0.39, 0.29) is 36.4 Å². The Balaban J connectivity index is 0.00000420. The topological polar surface area (TPSA) is 69.6 Å². The number of pyridine rings is 1. The minimum Gasteiger partial charge on any atom is -0.356 e. The maximum absolute atomic E-state index is 12.3. The van der Waals surface area contributed by atoms with Crippen molar-refractivity contribution in [2.45, 2.75) is 11.3 Å². The van der Waals surface area contributed by atoms with Crippen LogP contribution in [0, 0.1) is 0 Å². The Morgan fingerprint density at radius 2 is 1.97 bits per heavy atom. The number of rotatable bonds is 9. The summed E-state index contributed by atoms with van der Waals surface area (Å²) in [6.45, 7) is 1.56. The summed E-state index contributed by atoms with van der Waals surface area (Å²) < 4.78 is 0. The Kier molecular flexibility index (Phi) is 12.7. The van der Waals surface area contributed by atoms with E-state index in [9.17, 15) is 4.79 Å². The Bertz CT molecular complexity index is 761. The van der Waals surface area contributed by atoms with Crippen molar-refractivity contribution in [1.82, 2.24) is 20.5 Å². The third kappa shape index (κ3) is 10.2. The molecule has 0 atom stereocenters. The number of halogens is 2. The monoisotopic (exact) mass is 547 g/mol. The predicted octanol–water partition coefficient (Wildman–Crippen LogP) is 3.31. The molecule has 0 saturated carbocycles. The zero-order valence-corrected chi connectivity index (χ0v) is 20.5. The Morgan fingerprint density at radius 1 is 1.21 bits per heavy atom. The van der Waals surface area contributed by atoms with E-state index in [1.54, 1.807) is 37.0 Å². The van der Waals surface area contributed by atoms with Gasteiger partial charge in [0, 0.05) is 61.2 Å². The van der Waals surface area contributed by atoms with Crippen LogP contribution in [0.25, 0.3) is 0 Å². The zero-order chi connectivity index (χ0) is 20.2. The van der Waals surface area contributed by atoms with Crippen molar-refractivity contribution in [1.29, 1.82) is 0 Å². The van der Waals surface area contributed by atoms with E-state index in [1.165, 1.54) is 4.90 Å². The average molecular weight is 548 g/mol. The molecule has 2 N–H and O–H groups in total. The maximum atomic E-state index is 12.3. The van der Waals surface area contributed by atoms with E-state index in [0.717, 1.165) is 29.4 Å². The SMILES string of the molecule is CN=C(NCCSc1ccc(Cl)cc1)NCC(=O)N(C)CCc1ccccn1.I. The summed E-state index contributed by atoms with van der Waals surface area (Å²) >= 11 is 7.62. The fraction of sp³-hybridized carbons (Fsp3) is 0.350. The minimum absolute atomic E-state index is 0. The van der Waals surface area contributed by atoms with Crippen LogP contribution in [-0.2, 0) is 11.2 Å². The lowest BCUT2D eigenvalue weighted by Crippen LogP contribution is -2.44. The van der Waals surface area contributed by atoms with E-state index in [4.69, 9.17) is 11.6 Å². The van der Waals surface area contributed by atoms with Gasteiger partial charge in [-0.3, -0.25) is 14.8 Å². The molecule has 1 aromatic carbocycles. The minimum atomic E-state index is 0. The van der Waals surface area contributed by atoms with E-state index in [0.29, 0.717) is 12.5 Å². The molecule has 9 heteroatoms. The highest BCUT2D eigenvalue weighted by molar-refractivity contribution is 14.0. The van der Waals surface area contributed by atoms with Crippen molar-refractivity contribution in [3.63, 3.8) is 0 Å². The van der Waals surface area contributed by atoms with Crippen molar-refractivity contribution in [2.24, 2.45) is 4.99 Å². The molecule has 0 radical (unpaired) electrons. The number of hydrogen-bond donors (Lipinski definition) is 2. The summed E-state index contributed by atoms with van der Waals surface area (Å²) in [5.41, 5.74) is 0.978. The molecule has 6 nitrogen and oxygen atoms in total. The highest BCUT2D eigenvalue weighted by Gasteiger charge is 2.09. The number of amides is 1. The first kappa shape index (κ1) is 25.5. The predicted molar refractivity (Wildman–Crippen MR) is 133 cm³/mol. The molecule has 0 aliphatic rings. The molecule has 1 aromatic heterocycles. The lowest BCUT2D eigenvalue weighted by molar-refractivity contribution is -0.128. The van der Waals surface area contributed by atoms with Gasteiger partial charge in [0.1, 0.15) is 0 Å². The molecule has 1 amide bonds. The molecular weight excluding hydrogens is 521 g/mol. The zero-order valence-electron chi connectivity index (χ0n) is 16.6. The van der Waals surface area contributed by atoms with Crippen LogP contribution in [0.3, 0.4) is 0 Å². The first-order chi connectivity index (χ1) is 13.6. The van der Waals surface area contributed by atoms with Crippen molar-refractivity contribution < 1.29 is 4.79 Å². The van der Waals surface area contributed by atoms with Gasteiger partial charge in [-0.25, -0.2) is 0 Å². The molecule has 0 spiro atoms. The number of likely N-dealkylation sites (N-methyl/N-ethyl adjacent to an activating group) is 1. The molecule has 0 bridgehead atoms. The third-order valence-electron chi connectivity index (χ3n) is 3.96.